The summed E-state index contributed by atoms with van der Waals surface area (Å²) >= 11 is 0. The van der Waals surface area contributed by atoms with Crippen molar-refractivity contribution in [1.29, 1.82) is 0 Å². The third kappa shape index (κ3) is 2.57. The second-order valence-corrected chi connectivity index (χ2v) is 6.21. The van der Waals surface area contributed by atoms with Crippen LogP contribution in [0.4, 0.5) is 5.82 Å². The Morgan fingerprint density at radius 1 is 1.23 bits per heavy atom. The van der Waals surface area contributed by atoms with Crippen LogP contribution in [-0.2, 0) is 4.74 Å². The Morgan fingerprint density at radius 3 is 2.77 bits per heavy atom. The summed E-state index contributed by atoms with van der Waals surface area (Å²) in [7, 11) is 3.87. The predicted octanol–water partition coefficient (Wildman–Crippen LogP) is 3.12. The lowest BCUT2D eigenvalue weighted by atomic mass is 10.1. The number of hydrogen-bond donors (Lipinski definition) is 1. The molecule has 0 fully saturated rings. The summed E-state index contributed by atoms with van der Waals surface area (Å²) in [6, 6.07) is 9.76. The van der Waals surface area contributed by atoms with E-state index in [2.05, 4.69) is 10.2 Å². The number of fused-ring (bicyclic) bond motifs is 3. The highest BCUT2D eigenvalue weighted by Gasteiger charge is 2.16. The molecule has 3 heterocycles. The van der Waals surface area contributed by atoms with Gasteiger partial charge in [0.1, 0.15) is 0 Å². The normalized spacial score (nSPS) is 11.2. The summed E-state index contributed by atoms with van der Waals surface area (Å²) in [6.45, 7) is 2.14. The number of nitrogens with one attached hydrogen (secondary N) is 1. The quantitative estimate of drug-likeness (QED) is 0.573. The maximum Gasteiger partial charge on any atom is 0.339 e. The molecule has 0 aliphatic carbocycles. The zero-order valence-corrected chi connectivity index (χ0v) is 14.9. The third-order valence-electron chi connectivity index (χ3n) is 4.26. The van der Waals surface area contributed by atoms with Crippen molar-refractivity contribution in [3.63, 3.8) is 0 Å². The lowest BCUT2D eigenvalue weighted by Crippen LogP contribution is -2.12. The van der Waals surface area contributed by atoms with Gasteiger partial charge < -0.3 is 14.0 Å². The van der Waals surface area contributed by atoms with E-state index in [9.17, 15) is 4.79 Å². The van der Waals surface area contributed by atoms with Crippen molar-refractivity contribution in [1.82, 2.24) is 19.6 Å². The first kappa shape index (κ1) is 16.1. The molecule has 1 N–H and O–H groups in total. The van der Waals surface area contributed by atoms with Crippen molar-refractivity contribution in [3.8, 4) is 11.3 Å². The van der Waals surface area contributed by atoms with Crippen molar-refractivity contribution in [2.45, 2.75) is 6.92 Å². The number of rotatable bonds is 4. The van der Waals surface area contributed by atoms with E-state index in [1.54, 1.807) is 19.3 Å². The van der Waals surface area contributed by atoms with Gasteiger partial charge in [-0.1, -0.05) is 6.07 Å². The zero-order valence-electron chi connectivity index (χ0n) is 14.9. The van der Waals surface area contributed by atoms with Gasteiger partial charge in [0.15, 0.2) is 5.82 Å². The van der Waals surface area contributed by atoms with Crippen LogP contribution in [0.15, 0.2) is 42.7 Å². The number of esters is 1. The van der Waals surface area contributed by atoms with Crippen molar-refractivity contribution < 1.29 is 9.53 Å². The number of H-pyrrole nitrogens is 1. The fourth-order valence-electron chi connectivity index (χ4n) is 3.06. The molecule has 0 aliphatic heterocycles. The van der Waals surface area contributed by atoms with Gasteiger partial charge in [-0.2, -0.15) is 5.10 Å². The van der Waals surface area contributed by atoms with E-state index < -0.39 is 0 Å². The minimum Gasteiger partial charge on any atom is -0.462 e. The van der Waals surface area contributed by atoms with Crippen LogP contribution in [0.3, 0.4) is 0 Å². The van der Waals surface area contributed by atoms with E-state index in [0.29, 0.717) is 12.2 Å². The van der Waals surface area contributed by atoms with Crippen LogP contribution in [0.2, 0.25) is 0 Å². The third-order valence-corrected chi connectivity index (χ3v) is 4.26. The van der Waals surface area contributed by atoms with E-state index in [0.717, 1.165) is 33.6 Å². The molecule has 0 aliphatic rings. The summed E-state index contributed by atoms with van der Waals surface area (Å²) in [5.41, 5.74) is 5.06. The Bertz CT molecular complexity index is 1100. The number of anilines is 1. The topological polar surface area (TPSA) is 75.5 Å². The van der Waals surface area contributed by atoms with Gasteiger partial charge in [0.2, 0.25) is 0 Å². The first-order valence-electron chi connectivity index (χ1n) is 8.38. The molecule has 0 atom stereocenters. The molecule has 0 bridgehead atoms. The molecule has 0 radical (unpaired) electrons. The Labute approximate surface area is 150 Å². The van der Waals surface area contributed by atoms with Crippen LogP contribution in [0.1, 0.15) is 17.3 Å². The van der Waals surface area contributed by atoms with Gasteiger partial charge in [-0.05, 0) is 31.2 Å². The van der Waals surface area contributed by atoms with Crippen molar-refractivity contribution in [2.24, 2.45) is 0 Å². The smallest absolute Gasteiger partial charge is 0.339 e. The number of aromatic nitrogens is 4. The van der Waals surface area contributed by atoms with Crippen LogP contribution in [0, 0.1) is 0 Å². The number of carbonyl (C=O) groups excluding carboxylic acids is 1. The van der Waals surface area contributed by atoms with Gasteiger partial charge in [0.25, 0.3) is 0 Å². The predicted molar refractivity (Wildman–Crippen MR) is 101 cm³/mol. The molecule has 3 aromatic heterocycles. The monoisotopic (exact) mass is 349 g/mol. The Balaban J connectivity index is 1.97. The molecule has 4 rings (SSSR count). The van der Waals surface area contributed by atoms with Gasteiger partial charge in [-0.15, -0.1) is 0 Å². The molecule has 0 unspecified atom stereocenters. The minimum absolute atomic E-state index is 0.330. The maximum absolute atomic E-state index is 12.2. The number of carbonyl (C=O) groups is 1. The number of aromatic amines is 1. The SMILES string of the molecule is CCOC(=O)c1cc2c(N(C)C)nc3cc(-c4ccn[nH]4)ccc3n2c1. The van der Waals surface area contributed by atoms with Crippen LogP contribution in [0.5, 0.6) is 0 Å². The van der Waals surface area contributed by atoms with Crippen LogP contribution in [0.25, 0.3) is 27.8 Å². The van der Waals surface area contributed by atoms with E-state index in [4.69, 9.17) is 9.72 Å². The van der Waals surface area contributed by atoms with Crippen LogP contribution >= 0.6 is 0 Å². The number of benzene rings is 1. The van der Waals surface area contributed by atoms with Gasteiger partial charge >= 0.3 is 5.97 Å². The molecule has 26 heavy (non-hydrogen) atoms. The van der Waals surface area contributed by atoms with Crippen molar-refractivity contribution in [2.75, 3.05) is 25.6 Å². The summed E-state index contributed by atoms with van der Waals surface area (Å²) < 4.78 is 7.13. The number of hydrogen-bond acceptors (Lipinski definition) is 5. The van der Waals surface area contributed by atoms with E-state index in [1.165, 1.54) is 0 Å². The van der Waals surface area contributed by atoms with Gasteiger partial charge in [0.05, 0.1) is 34.4 Å². The first-order valence-corrected chi connectivity index (χ1v) is 8.38. The molecule has 7 nitrogen and oxygen atoms in total. The van der Waals surface area contributed by atoms with E-state index >= 15 is 0 Å². The molecule has 1 aromatic carbocycles. The maximum atomic E-state index is 12.2. The minimum atomic E-state index is -0.330. The highest BCUT2D eigenvalue weighted by molar-refractivity contribution is 5.95. The molecule has 7 heteroatoms. The molecular formula is C19H19N5O2. The first-order chi connectivity index (χ1) is 12.6. The van der Waals surface area contributed by atoms with Gasteiger partial charge in [0, 0.05) is 32.1 Å². The van der Waals surface area contributed by atoms with Crippen LogP contribution < -0.4 is 4.90 Å². The lowest BCUT2D eigenvalue weighted by Gasteiger charge is -2.15. The van der Waals surface area contributed by atoms with Crippen molar-refractivity contribution in [3.05, 3.63) is 48.3 Å². The average Bonchev–Trinajstić information content (AvgIpc) is 3.30. The average molecular weight is 349 g/mol. The molecule has 0 amide bonds. The Kier molecular flexibility index (Phi) is 3.84. The van der Waals surface area contributed by atoms with Gasteiger partial charge in [-0.3, -0.25) is 5.10 Å². The molecule has 4 aromatic rings. The fraction of sp³-hybridized carbons (Fsp3) is 0.211. The molecule has 0 saturated carbocycles. The zero-order chi connectivity index (χ0) is 18.3. The highest BCUT2D eigenvalue weighted by Crippen LogP contribution is 2.28. The van der Waals surface area contributed by atoms with E-state index in [1.807, 2.05) is 53.7 Å². The van der Waals surface area contributed by atoms with Crippen molar-refractivity contribution >= 4 is 28.3 Å². The van der Waals surface area contributed by atoms with Gasteiger partial charge in [-0.25, -0.2) is 9.78 Å². The second kappa shape index (κ2) is 6.18. The Hall–Kier alpha value is -3.35. The molecule has 0 saturated heterocycles. The summed E-state index contributed by atoms with van der Waals surface area (Å²) in [6.07, 6.45) is 3.53. The molecule has 132 valence electrons. The highest BCUT2D eigenvalue weighted by atomic mass is 16.5. The summed E-state index contributed by atoms with van der Waals surface area (Å²) in [4.78, 5) is 18.9. The molecular weight excluding hydrogens is 330 g/mol. The van der Waals surface area contributed by atoms with Crippen LogP contribution in [-0.4, -0.2) is 46.3 Å². The molecule has 0 spiro atoms. The summed E-state index contributed by atoms with van der Waals surface area (Å²) in [5, 5.41) is 6.97. The largest absolute Gasteiger partial charge is 0.462 e. The summed E-state index contributed by atoms with van der Waals surface area (Å²) in [5.74, 6) is 0.456. The number of ether oxygens (including phenoxy) is 1. The Morgan fingerprint density at radius 2 is 2.08 bits per heavy atom. The lowest BCUT2D eigenvalue weighted by molar-refractivity contribution is 0.0526. The second-order valence-electron chi connectivity index (χ2n) is 6.21. The number of nitrogens with zero attached hydrogens (tertiary/aromatic N) is 4. The standard InChI is InChI=1S/C19H19N5O2/c1-4-26-19(25)13-10-17-18(23(2)3)21-15-9-12(14-7-8-20-22-14)5-6-16(15)24(17)11-13/h5-11H,4H2,1-3H3,(H,20,22). The fourth-order valence-corrected chi connectivity index (χ4v) is 3.06. The van der Waals surface area contributed by atoms with E-state index in [-0.39, 0.29) is 5.97 Å².